The second-order valence-corrected chi connectivity index (χ2v) is 4.66. The maximum atomic E-state index is 11.5. The van der Waals surface area contributed by atoms with Crippen LogP contribution in [0, 0.1) is 0 Å². The number of carbonyl (C=O) groups is 1. The molecule has 0 saturated carbocycles. The predicted molar refractivity (Wildman–Crippen MR) is 78.0 cm³/mol. The molecule has 2 N–H and O–H groups in total. The van der Waals surface area contributed by atoms with Gasteiger partial charge in [-0.3, -0.25) is 9.59 Å². The molecular weight excluding hydrogens is 270 g/mol. The van der Waals surface area contributed by atoms with Crippen LogP contribution in [0.25, 0.3) is 22.4 Å². The monoisotopic (exact) mass is 283 g/mol. The first-order valence-corrected chi connectivity index (χ1v) is 6.51. The van der Waals surface area contributed by atoms with Crippen LogP contribution in [0.2, 0.25) is 0 Å². The molecule has 106 valence electrons. The number of aromatic nitrogens is 3. The van der Waals surface area contributed by atoms with Gasteiger partial charge in [0.2, 0.25) is 5.56 Å². The minimum atomic E-state index is -0.871. The van der Waals surface area contributed by atoms with Crippen molar-refractivity contribution in [1.29, 1.82) is 0 Å². The van der Waals surface area contributed by atoms with Gasteiger partial charge in [0.15, 0.2) is 0 Å². The van der Waals surface area contributed by atoms with Crippen LogP contribution in [0.1, 0.15) is 6.42 Å². The van der Waals surface area contributed by atoms with Gasteiger partial charge >= 0.3 is 5.97 Å². The molecule has 6 nitrogen and oxygen atoms in total. The highest BCUT2D eigenvalue weighted by Crippen LogP contribution is 2.24. The first-order valence-electron chi connectivity index (χ1n) is 6.51. The maximum absolute atomic E-state index is 11.5. The fraction of sp³-hybridized carbons (Fsp3) is 0.133. The molecule has 3 aromatic rings. The van der Waals surface area contributed by atoms with E-state index in [1.165, 1.54) is 6.07 Å². The number of hydrogen-bond acceptors (Lipinski definition) is 3. The number of aryl methyl sites for hydroxylation is 1. The first-order chi connectivity index (χ1) is 10.1. The van der Waals surface area contributed by atoms with Crippen LogP contribution in [0.15, 0.2) is 47.4 Å². The summed E-state index contributed by atoms with van der Waals surface area (Å²) in [5, 5.41) is 8.90. The van der Waals surface area contributed by atoms with Gasteiger partial charge in [-0.25, -0.2) is 4.98 Å². The minimum Gasteiger partial charge on any atom is -0.481 e. The summed E-state index contributed by atoms with van der Waals surface area (Å²) in [6, 6.07) is 10.7. The van der Waals surface area contributed by atoms with Gasteiger partial charge in [0.1, 0.15) is 5.82 Å². The van der Waals surface area contributed by atoms with E-state index in [9.17, 15) is 9.59 Å². The number of nitrogens with zero attached hydrogens (tertiary/aromatic N) is 2. The number of aromatic amines is 1. The summed E-state index contributed by atoms with van der Waals surface area (Å²) in [5.74, 6) is -0.270. The van der Waals surface area contributed by atoms with Crippen LogP contribution in [0.3, 0.4) is 0 Å². The molecule has 0 atom stereocenters. The molecule has 0 aliphatic carbocycles. The predicted octanol–water partition coefficient (Wildman–Crippen LogP) is 1.87. The fourth-order valence-corrected chi connectivity index (χ4v) is 2.31. The van der Waals surface area contributed by atoms with Crippen molar-refractivity contribution in [3.8, 4) is 11.4 Å². The van der Waals surface area contributed by atoms with Crippen LogP contribution in [-0.4, -0.2) is 25.6 Å². The molecule has 0 saturated heterocycles. The number of carboxylic acids is 1. The standard InChI is InChI=1S/C15H13N3O3/c19-13-9-10(5-7-16-13)15-17-11-3-1-2-4-12(11)18(15)8-6-14(20)21/h1-5,7,9H,6,8H2,(H,16,19)(H,20,21). The van der Waals surface area contributed by atoms with E-state index < -0.39 is 5.97 Å². The van der Waals surface area contributed by atoms with E-state index in [-0.39, 0.29) is 12.0 Å². The Morgan fingerprint density at radius 1 is 1.29 bits per heavy atom. The number of rotatable bonds is 4. The average molecular weight is 283 g/mol. The summed E-state index contributed by atoms with van der Waals surface area (Å²) in [7, 11) is 0. The van der Waals surface area contributed by atoms with Crippen molar-refractivity contribution >= 4 is 17.0 Å². The third-order valence-electron chi connectivity index (χ3n) is 3.24. The molecule has 0 unspecified atom stereocenters. The lowest BCUT2D eigenvalue weighted by Crippen LogP contribution is -2.08. The van der Waals surface area contributed by atoms with Crippen molar-refractivity contribution in [3.05, 3.63) is 52.9 Å². The largest absolute Gasteiger partial charge is 0.481 e. The van der Waals surface area contributed by atoms with Crippen molar-refractivity contribution < 1.29 is 9.90 Å². The van der Waals surface area contributed by atoms with Crippen LogP contribution in [-0.2, 0) is 11.3 Å². The Morgan fingerprint density at radius 2 is 2.10 bits per heavy atom. The zero-order valence-electron chi connectivity index (χ0n) is 11.1. The summed E-state index contributed by atoms with van der Waals surface area (Å²) < 4.78 is 1.83. The minimum absolute atomic E-state index is 0.00343. The number of pyridine rings is 1. The Morgan fingerprint density at radius 3 is 2.86 bits per heavy atom. The normalized spacial score (nSPS) is 10.9. The number of H-pyrrole nitrogens is 1. The molecule has 0 aliphatic heterocycles. The van der Waals surface area contributed by atoms with Gasteiger partial charge in [-0.15, -0.1) is 0 Å². The summed E-state index contributed by atoms with van der Waals surface area (Å²) >= 11 is 0. The van der Waals surface area contributed by atoms with Crippen molar-refractivity contribution in [3.63, 3.8) is 0 Å². The lowest BCUT2D eigenvalue weighted by Gasteiger charge is -2.07. The number of aliphatic carboxylic acids is 1. The smallest absolute Gasteiger partial charge is 0.305 e. The second kappa shape index (κ2) is 5.24. The van der Waals surface area contributed by atoms with Crippen LogP contribution < -0.4 is 5.56 Å². The van der Waals surface area contributed by atoms with Crippen molar-refractivity contribution in [2.24, 2.45) is 0 Å². The van der Waals surface area contributed by atoms with E-state index in [1.807, 2.05) is 28.8 Å². The van der Waals surface area contributed by atoms with E-state index in [4.69, 9.17) is 5.11 Å². The summed E-state index contributed by atoms with van der Waals surface area (Å²) in [4.78, 5) is 29.4. The summed E-state index contributed by atoms with van der Waals surface area (Å²) in [5.41, 5.74) is 2.08. The van der Waals surface area contributed by atoms with Crippen LogP contribution >= 0.6 is 0 Å². The average Bonchev–Trinajstić information content (AvgIpc) is 2.84. The van der Waals surface area contributed by atoms with Gasteiger partial charge < -0.3 is 14.7 Å². The second-order valence-electron chi connectivity index (χ2n) is 4.66. The molecule has 0 amide bonds. The van der Waals surface area contributed by atoms with Crippen molar-refractivity contribution in [2.45, 2.75) is 13.0 Å². The van der Waals surface area contributed by atoms with Gasteiger partial charge in [0.25, 0.3) is 0 Å². The van der Waals surface area contributed by atoms with E-state index in [0.29, 0.717) is 17.9 Å². The van der Waals surface area contributed by atoms with Gasteiger partial charge in [-0.1, -0.05) is 12.1 Å². The Labute approximate surface area is 119 Å². The SMILES string of the molecule is O=C(O)CCn1c(-c2cc[nH]c(=O)c2)nc2ccccc21. The van der Waals surface area contributed by atoms with Crippen molar-refractivity contribution in [2.75, 3.05) is 0 Å². The molecule has 1 aromatic carbocycles. The Balaban J connectivity index is 2.18. The summed E-state index contributed by atoms with van der Waals surface area (Å²) in [6.07, 6.45) is 1.55. The topological polar surface area (TPSA) is 88.0 Å². The van der Waals surface area contributed by atoms with E-state index in [1.54, 1.807) is 12.3 Å². The van der Waals surface area contributed by atoms with Gasteiger partial charge in [-0.05, 0) is 18.2 Å². The molecule has 0 fully saturated rings. The molecular formula is C15H13N3O3. The van der Waals surface area contributed by atoms with E-state index in [2.05, 4.69) is 9.97 Å². The fourth-order valence-electron chi connectivity index (χ4n) is 2.31. The van der Waals surface area contributed by atoms with Gasteiger partial charge in [0, 0.05) is 24.4 Å². The number of imidazole rings is 1. The zero-order valence-corrected chi connectivity index (χ0v) is 11.1. The third kappa shape index (κ3) is 2.55. The quantitative estimate of drug-likeness (QED) is 0.765. The molecule has 0 aliphatic rings. The van der Waals surface area contributed by atoms with Crippen LogP contribution in [0.4, 0.5) is 0 Å². The Hall–Kier alpha value is -2.89. The number of para-hydroxylation sites is 2. The highest BCUT2D eigenvalue weighted by molar-refractivity contribution is 5.80. The van der Waals surface area contributed by atoms with Gasteiger partial charge in [0.05, 0.1) is 17.5 Å². The number of carboxylic acid groups (broad SMARTS) is 1. The van der Waals surface area contributed by atoms with E-state index >= 15 is 0 Å². The number of benzene rings is 1. The first kappa shape index (κ1) is 13.1. The number of fused-ring (bicyclic) bond motifs is 1. The molecule has 6 heteroatoms. The Kier molecular flexibility index (Phi) is 3.27. The third-order valence-corrected chi connectivity index (χ3v) is 3.24. The number of nitrogens with one attached hydrogen (secondary N) is 1. The Bertz CT molecular complexity index is 864. The molecule has 0 bridgehead atoms. The molecule has 2 aromatic heterocycles. The summed E-state index contributed by atoms with van der Waals surface area (Å²) in [6.45, 7) is 0.304. The molecule has 0 radical (unpaired) electrons. The highest BCUT2D eigenvalue weighted by Gasteiger charge is 2.13. The zero-order chi connectivity index (χ0) is 14.8. The molecule has 3 rings (SSSR count). The van der Waals surface area contributed by atoms with E-state index in [0.717, 1.165) is 11.0 Å². The van der Waals surface area contributed by atoms with Gasteiger partial charge in [-0.2, -0.15) is 0 Å². The molecule has 21 heavy (non-hydrogen) atoms. The molecule has 2 heterocycles. The lowest BCUT2D eigenvalue weighted by molar-refractivity contribution is -0.137. The van der Waals surface area contributed by atoms with Crippen LogP contribution in [0.5, 0.6) is 0 Å². The van der Waals surface area contributed by atoms with Crippen molar-refractivity contribution in [1.82, 2.24) is 14.5 Å². The lowest BCUT2D eigenvalue weighted by atomic mass is 10.2. The number of hydrogen-bond donors (Lipinski definition) is 2. The maximum Gasteiger partial charge on any atom is 0.305 e. The highest BCUT2D eigenvalue weighted by atomic mass is 16.4. The molecule has 0 spiro atoms.